The highest BCUT2D eigenvalue weighted by molar-refractivity contribution is 5.95. The summed E-state index contributed by atoms with van der Waals surface area (Å²) in [7, 11) is 0. The number of hydrogen-bond acceptors (Lipinski definition) is 5. The van der Waals surface area contributed by atoms with Gasteiger partial charge in [-0.1, -0.05) is 6.07 Å². The normalized spacial score (nSPS) is 20.9. The number of nitrogens with zero attached hydrogens (tertiary/aromatic N) is 3. The summed E-state index contributed by atoms with van der Waals surface area (Å²) in [5, 5.41) is 3.21. The van der Waals surface area contributed by atoms with Gasteiger partial charge in [0.15, 0.2) is 0 Å². The molecule has 162 valence electrons. The number of aromatic nitrogens is 2. The van der Waals surface area contributed by atoms with Crippen LogP contribution in [0.3, 0.4) is 0 Å². The molecule has 2 saturated heterocycles. The Morgan fingerprint density at radius 2 is 2.07 bits per heavy atom. The largest absolute Gasteiger partial charge is 0.381 e. The van der Waals surface area contributed by atoms with Gasteiger partial charge < -0.3 is 19.4 Å². The van der Waals surface area contributed by atoms with E-state index in [-0.39, 0.29) is 11.9 Å². The van der Waals surface area contributed by atoms with E-state index in [0.29, 0.717) is 19.0 Å². The molecule has 2 aromatic rings. The molecule has 0 bridgehead atoms. The summed E-state index contributed by atoms with van der Waals surface area (Å²) in [6.07, 6.45) is 2.85. The average molecular weight is 413 g/mol. The molecule has 7 nitrogen and oxygen atoms in total. The minimum Gasteiger partial charge on any atom is -0.381 e. The van der Waals surface area contributed by atoms with Crippen molar-refractivity contribution in [1.29, 1.82) is 0 Å². The Bertz CT molecular complexity index is 840. The van der Waals surface area contributed by atoms with Crippen LogP contribution in [0.25, 0.3) is 0 Å². The summed E-state index contributed by atoms with van der Waals surface area (Å²) < 4.78 is 13.3. The molecule has 0 aliphatic carbocycles. The Kier molecular flexibility index (Phi) is 6.82. The van der Waals surface area contributed by atoms with Crippen molar-refractivity contribution in [3.8, 4) is 0 Å². The molecule has 4 heterocycles. The quantitative estimate of drug-likeness (QED) is 0.754. The van der Waals surface area contributed by atoms with Crippen molar-refractivity contribution >= 4 is 5.91 Å². The molecule has 2 fully saturated rings. The molecular formula is C23H32N4O3. The van der Waals surface area contributed by atoms with Gasteiger partial charge in [0, 0.05) is 55.8 Å². The first-order valence-corrected chi connectivity index (χ1v) is 10.9. The second kappa shape index (κ2) is 9.73. The number of carbonyl (C=O) groups excluding carboxylic acids is 1. The van der Waals surface area contributed by atoms with Gasteiger partial charge in [-0.15, -0.1) is 0 Å². The van der Waals surface area contributed by atoms with Crippen molar-refractivity contribution in [1.82, 2.24) is 19.8 Å². The smallest absolute Gasteiger partial charge is 0.253 e. The number of carbonyl (C=O) groups is 1. The summed E-state index contributed by atoms with van der Waals surface area (Å²) >= 11 is 0. The average Bonchev–Trinajstić information content (AvgIpc) is 3.40. The van der Waals surface area contributed by atoms with E-state index in [0.717, 1.165) is 68.6 Å². The summed E-state index contributed by atoms with van der Waals surface area (Å²) in [6.45, 7) is 10.3. The van der Waals surface area contributed by atoms with Gasteiger partial charge in [0.25, 0.3) is 5.91 Å². The molecule has 2 unspecified atom stereocenters. The molecule has 2 aromatic heterocycles. The van der Waals surface area contributed by atoms with Crippen LogP contribution < -0.4 is 5.32 Å². The molecule has 7 heteroatoms. The van der Waals surface area contributed by atoms with Gasteiger partial charge in [-0.05, 0) is 38.5 Å². The van der Waals surface area contributed by atoms with Gasteiger partial charge in [0.2, 0.25) is 0 Å². The van der Waals surface area contributed by atoms with Crippen LogP contribution in [0.5, 0.6) is 0 Å². The molecule has 2 aliphatic rings. The van der Waals surface area contributed by atoms with Crippen LogP contribution in [-0.2, 0) is 16.0 Å². The number of hydrogen-bond donors (Lipinski definition) is 1. The van der Waals surface area contributed by atoms with Crippen LogP contribution in [0.4, 0.5) is 0 Å². The fraction of sp³-hybridized carbons (Fsp3) is 0.565. The van der Waals surface area contributed by atoms with Crippen LogP contribution in [0, 0.1) is 19.8 Å². The van der Waals surface area contributed by atoms with Gasteiger partial charge >= 0.3 is 0 Å². The second-order valence-electron chi connectivity index (χ2n) is 8.24. The van der Waals surface area contributed by atoms with Gasteiger partial charge in [-0.3, -0.25) is 14.7 Å². The Balaban J connectivity index is 1.44. The maximum absolute atomic E-state index is 13.1. The molecule has 1 amide bonds. The molecule has 1 N–H and O–H groups in total. The number of rotatable bonds is 7. The summed E-state index contributed by atoms with van der Waals surface area (Å²) in [5.41, 5.74) is 3.77. The number of morpholine rings is 1. The zero-order valence-electron chi connectivity index (χ0n) is 18.0. The van der Waals surface area contributed by atoms with Crippen molar-refractivity contribution in [2.75, 3.05) is 46.1 Å². The molecule has 2 aliphatic heterocycles. The Labute approximate surface area is 178 Å². The van der Waals surface area contributed by atoms with Gasteiger partial charge in [0.05, 0.1) is 37.6 Å². The SMILES string of the molecule is Cc1cc(C(=O)NCC(C2CCOC2)N2CCOCC2)c(C)n1Cc1ccccn1. The third kappa shape index (κ3) is 4.74. The molecular weight excluding hydrogens is 380 g/mol. The van der Waals surface area contributed by atoms with Crippen LogP contribution in [0.2, 0.25) is 0 Å². The minimum atomic E-state index is -0.00690. The molecule has 0 aromatic carbocycles. The third-order valence-electron chi connectivity index (χ3n) is 6.36. The lowest BCUT2D eigenvalue weighted by Gasteiger charge is -2.37. The van der Waals surface area contributed by atoms with Crippen molar-refractivity contribution in [3.63, 3.8) is 0 Å². The Morgan fingerprint density at radius 1 is 1.23 bits per heavy atom. The second-order valence-corrected chi connectivity index (χ2v) is 8.24. The van der Waals surface area contributed by atoms with E-state index in [9.17, 15) is 4.79 Å². The topological polar surface area (TPSA) is 68.6 Å². The summed E-state index contributed by atoms with van der Waals surface area (Å²) in [6, 6.07) is 8.18. The highest BCUT2D eigenvalue weighted by Gasteiger charge is 2.32. The number of pyridine rings is 1. The fourth-order valence-electron chi connectivity index (χ4n) is 4.58. The third-order valence-corrected chi connectivity index (χ3v) is 6.36. The zero-order chi connectivity index (χ0) is 20.9. The van der Waals surface area contributed by atoms with E-state index < -0.39 is 0 Å². The highest BCUT2D eigenvalue weighted by atomic mass is 16.5. The lowest BCUT2D eigenvalue weighted by atomic mass is 9.96. The van der Waals surface area contributed by atoms with E-state index in [4.69, 9.17) is 9.47 Å². The first-order chi connectivity index (χ1) is 14.6. The van der Waals surface area contributed by atoms with Gasteiger partial charge in [0.1, 0.15) is 0 Å². The molecule has 4 rings (SSSR count). The van der Waals surface area contributed by atoms with E-state index >= 15 is 0 Å². The molecule has 30 heavy (non-hydrogen) atoms. The summed E-state index contributed by atoms with van der Waals surface area (Å²) in [4.78, 5) is 19.9. The predicted octanol–water partition coefficient (Wildman–Crippen LogP) is 2.02. The van der Waals surface area contributed by atoms with Crippen LogP contribution in [0.1, 0.15) is 33.9 Å². The van der Waals surface area contributed by atoms with Crippen LogP contribution in [-0.4, -0.2) is 72.5 Å². The maximum Gasteiger partial charge on any atom is 0.253 e. The van der Waals surface area contributed by atoms with Crippen molar-refractivity contribution in [3.05, 3.63) is 53.1 Å². The zero-order valence-corrected chi connectivity index (χ0v) is 18.0. The van der Waals surface area contributed by atoms with Crippen LogP contribution >= 0.6 is 0 Å². The minimum absolute atomic E-state index is 0.00690. The van der Waals surface area contributed by atoms with E-state index in [1.165, 1.54) is 0 Å². The van der Waals surface area contributed by atoms with Gasteiger partial charge in [-0.2, -0.15) is 0 Å². The maximum atomic E-state index is 13.1. The standard InChI is InChI=1S/C23H32N4O3/c1-17-13-21(18(2)27(17)15-20-5-3-4-7-24-20)23(28)25-14-22(19-6-10-30-16-19)26-8-11-29-12-9-26/h3-5,7,13,19,22H,6,8-12,14-16H2,1-2H3,(H,25,28). The molecule has 2 atom stereocenters. The van der Waals surface area contributed by atoms with Crippen molar-refractivity contribution < 1.29 is 14.3 Å². The lowest BCUT2D eigenvalue weighted by Crippen LogP contribution is -2.52. The summed E-state index contributed by atoms with van der Waals surface area (Å²) in [5.74, 6) is 0.451. The first kappa shape index (κ1) is 21.0. The monoisotopic (exact) mass is 412 g/mol. The fourth-order valence-corrected chi connectivity index (χ4v) is 4.58. The van der Waals surface area contributed by atoms with E-state index in [1.807, 2.05) is 38.1 Å². The molecule has 0 radical (unpaired) electrons. The first-order valence-electron chi connectivity index (χ1n) is 10.9. The number of amides is 1. The predicted molar refractivity (Wildman–Crippen MR) is 115 cm³/mol. The Morgan fingerprint density at radius 3 is 2.77 bits per heavy atom. The van der Waals surface area contributed by atoms with Crippen LogP contribution in [0.15, 0.2) is 30.5 Å². The van der Waals surface area contributed by atoms with Crippen molar-refractivity contribution in [2.24, 2.45) is 5.92 Å². The Hall–Kier alpha value is -2.22. The van der Waals surface area contributed by atoms with Crippen molar-refractivity contribution in [2.45, 2.75) is 32.9 Å². The number of nitrogens with one attached hydrogen (secondary N) is 1. The molecule has 0 saturated carbocycles. The van der Waals surface area contributed by atoms with E-state index in [1.54, 1.807) is 6.20 Å². The van der Waals surface area contributed by atoms with Gasteiger partial charge in [-0.25, -0.2) is 0 Å². The number of aryl methyl sites for hydroxylation is 1. The lowest BCUT2D eigenvalue weighted by molar-refractivity contribution is 0.00166. The molecule has 0 spiro atoms. The highest BCUT2D eigenvalue weighted by Crippen LogP contribution is 2.22. The number of ether oxygens (including phenoxy) is 2. The van der Waals surface area contributed by atoms with E-state index in [2.05, 4.69) is 19.8 Å².